The first-order valence-electron chi connectivity index (χ1n) is 7.65. The average Bonchev–Trinajstić information content (AvgIpc) is 2.83. The predicted molar refractivity (Wildman–Crippen MR) is 109 cm³/mol. The monoisotopic (exact) mass is 423 g/mol. The van der Waals surface area contributed by atoms with Gasteiger partial charge in [0.25, 0.3) is 0 Å². The maximum atomic E-state index is 6.04. The van der Waals surface area contributed by atoms with Crippen LogP contribution >= 0.6 is 39.7 Å². The van der Waals surface area contributed by atoms with Gasteiger partial charge in [-0.25, -0.2) is 4.68 Å². The van der Waals surface area contributed by atoms with Crippen molar-refractivity contribution >= 4 is 45.4 Å². The van der Waals surface area contributed by atoms with E-state index in [-0.39, 0.29) is 0 Å². The Balaban J connectivity index is 0.00000100. The van der Waals surface area contributed by atoms with Gasteiger partial charge in [0, 0.05) is 20.8 Å². The number of H-pyrrole nitrogens is 1. The van der Waals surface area contributed by atoms with Gasteiger partial charge in [0.15, 0.2) is 4.77 Å². The number of aryl methyl sites for hydroxylation is 1. The number of nitrogens with zero attached hydrogens (tertiary/aromatic N) is 1. The predicted octanol–water partition coefficient (Wildman–Crippen LogP) is 6.84. The molecule has 0 amide bonds. The smallest absolute Gasteiger partial charge is 0.197 e. The van der Waals surface area contributed by atoms with E-state index in [1.165, 1.54) is 0 Å². The van der Waals surface area contributed by atoms with Crippen LogP contribution in [-0.2, 0) is 0 Å². The summed E-state index contributed by atoms with van der Waals surface area (Å²) in [7, 11) is 0. The minimum atomic E-state index is 0.604. The minimum Gasteiger partial charge on any atom is -0.333 e. The van der Waals surface area contributed by atoms with Gasteiger partial charge in [0.2, 0.25) is 0 Å². The Hall–Kier alpha value is -1.56. The largest absolute Gasteiger partial charge is 0.333 e. The van der Waals surface area contributed by atoms with Crippen LogP contribution in [0, 0.1) is 11.7 Å². The Morgan fingerprint density at radius 1 is 1.12 bits per heavy atom. The molecular formula is C18H19BrClN3S. The summed E-state index contributed by atoms with van der Waals surface area (Å²) in [6, 6.07) is 15.6. The minimum absolute atomic E-state index is 0.604. The molecule has 1 aromatic heterocycles. The molecule has 0 unspecified atom stereocenters. The third-order valence-corrected chi connectivity index (χ3v) is 4.25. The Morgan fingerprint density at radius 2 is 1.83 bits per heavy atom. The van der Waals surface area contributed by atoms with E-state index in [0.29, 0.717) is 9.79 Å². The number of imidazole rings is 1. The highest BCUT2D eigenvalue weighted by Gasteiger charge is 2.12. The van der Waals surface area contributed by atoms with E-state index >= 15 is 0 Å². The van der Waals surface area contributed by atoms with Crippen LogP contribution in [0.15, 0.2) is 53.0 Å². The molecule has 2 N–H and O–H groups in total. The molecule has 0 saturated carbocycles. The zero-order chi connectivity index (χ0) is 17.7. The molecule has 3 rings (SSSR count). The second kappa shape index (κ2) is 8.51. The second-order valence-electron chi connectivity index (χ2n) is 4.87. The van der Waals surface area contributed by atoms with Gasteiger partial charge >= 0.3 is 0 Å². The third-order valence-electron chi connectivity index (χ3n) is 3.24. The molecule has 0 aliphatic heterocycles. The van der Waals surface area contributed by atoms with Crippen molar-refractivity contribution in [2.75, 3.05) is 5.43 Å². The topological polar surface area (TPSA) is 32.8 Å². The highest BCUT2D eigenvalue weighted by atomic mass is 79.9. The number of anilines is 1. The summed E-state index contributed by atoms with van der Waals surface area (Å²) in [6.07, 6.45) is 0. The van der Waals surface area contributed by atoms with Crippen LogP contribution in [0.4, 0.5) is 5.69 Å². The number of benzene rings is 2. The lowest BCUT2D eigenvalue weighted by Gasteiger charge is -2.12. The van der Waals surface area contributed by atoms with Gasteiger partial charge in [-0.1, -0.05) is 59.6 Å². The molecule has 6 heteroatoms. The highest BCUT2D eigenvalue weighted by Crippen LogP contribution is 2.27. The van der Waals surface area contributed by atoms with E-state index in [0.717, 1.165) is 27.1 Å². The van der Waals surface area contributed by atoms with Crippen molar-refractivity contribution in [2.45, 2.75) is 20.8 Å². The molecule has 24 heavy (non-hydrogen) atoms. The quantitative estimate of drug-likeness (QED) is 0.451. The van der Waals surface area contributed by atoms with E-state index in [4.69, 9.17) is 23.8 Å². The first-order valence-corrected chi connectivity index (χ1v) is 9.22. The van der Waals surface area contributed by atoms with Crippen molar-refractivity contribution in [3.63, 3.8) is 0 Å². The number of hydrogen-bond acceptors (Lipinski definition) is 2. The summed E-state index contributed by atoms with van der Waals surface area (Å²) in [5.41, 5.74) is 7.23. The Bertz CT molecular complexity index is 886. The number of nitrogens with one attached hydrogen (secondary N) is 2. The van der Waals surface area contributed by atoms with E-state index in [1.807, 2.05) is 67.9 Å². The Labute approximate surface area is 160 Å². The zero-order valence-electron chi connectivity index (χ0n) is 13.7. The number of aromatic amines is 1. The van der Waals surface area contributed by atoms with Crippen LogP contribution in [0.1, 0.15) is 19.5 Å². The lowest BCUT2D eigenvalue weighted by atomic mass is 10.1. The fraction of sp³-hybridized carbons (Fsp3) is 0.167. The zero-order valence-corrected chi connectivity index (χ0v) is 16.9. The van der Waals surface area contributed by atoms with Gasteiger partial charge in [-0.3, -0.25) is 5.43 Å². The van der Waals surface area contributed by atoms with Crippen molar-refractivity contribution in [3.8, 4) is 11.3 Å². The van der Waals surface area contributed by atoms with Crippen LogP contribution in [0.5, 0.6) is 0 Å². The first-order chi connectivity index (χ1) is 11.5. The SMILES string of the molecule is CC.Cc1[nH]c(=S)n(Nc2cccc(Cl)c2)c1-c1cccc(Br)c1. The average molecular weight is 425 g/mol. The van der Waals surface area contributed by atoms with Crippen LogP contribution in [0.25, 0.3) is 11.3 Å². The molecule has 3 nitrogen and oxygen atoms in total. The standard InChI is InChI=1S/C16H13BrClN3S.C2H6/c1-10-15(11-4-2-5-12(17)8-11)21(16(22)19-10)20-14-7-3-6-13(18)9-14;1-2/h2-9,20H,1H3,(H,19,22);1-2H3. The lowest BCUT2D eigenvalue weighted by Crippen LogP contribution is -2.10. The second-order valence-corrected chi connectivity index (χ2v) is 6.61. The Morgan fingerprint density at radius 3 is 2.50 bits per heavy atom. The maximum Gasteiger partial charge on any atom is 0.197 e. The fourth-order valence-corrected chi connectivity index (χ4v) is 3.20. The number of halogens is 2. The summed E-state index contributed by atoms with van der Waals surface area (Å²) < 4.78 is 3.48. The van der Waals surface area contributed by atoms with Crippen LogP contribution < -0.4 is 5.43 Å². The molecule has 0 fully saturated rings. The van der Waals surface area contributed by atoms with Crippen molar-refractivity contribution in [1.29, 1.82) is 0 Å². The molecule has 0 atom stereocenters. The van der Waals surface area contributed by atoms with Gasteiger partial charge < -0.3 is 4.98 Å². The van der Waals surface area contributed by atoms with Gasteiger partial charge in [0.1, 0.15) is 0 Å². The normalized spacial score (nSPS) is 10.0. The lowest BCUT2D eigenvalue weighted by molar-refractivity contribution is 0.942. The van der Waals surface area contributed by atoms with Crippen LogP contribution in [0.3, 0.4) is 0 Å². The van der Waals surface area contributed by atoms with Gasteiger partial charge in [-0.05, 0) is 49.5 Å². The van der Waals surface area contributed by atoms with Gasteiger partial charge in [-0.15, -0.1) is 0 Å². The summed E-state index contributed by atoms with van der Waals surface area (Å²) >= 11 is 15.0. The van der Waals surface area contributed by atoms with Crippen molar-refractivity contribution in [2.24, 2.45) is 0 Å². The maximum absolute atomic E-state index is 6.04. The van der Waals surface area contributed by atoms with E-state index in [9.17, 15) is 0 Å². The Kier molecular flexibility index (Phi) is 6.66. The molecule has 3 aromatic rings. The summed E-state index contributed by atoms with van der Waals surface area (Å²) in [5, 5.41) is 0.674. The summed E-state index contributed by atoms with van der Waals surface area (Å²) in [5.74, 6) is 0. The molecule has 2 aromatic carbocycles. The number of hydrogen-bond donors (Lipinski definition) is 2. The third kappa shape index (κ3) is 4.29. The number of rotatable bonds is 3. The van der Waals surface area contributed by atoms with Crippen molar-refractivity contribution < 1.29 is 0 Å². The van der Waals surface area contributed by atoms with Gasteiger partial charge in [0.05, 0.1) is 11.4 Å². The van der Waals surface area contributed by atoms with Crippen LogP contribution in [0.2, 0.25) is 5.02 Å². The van der Waals surface area contributed by atoms with Crippen LogP contribution in [-0.4, -0.2) is 9.66 Å². The number of aromatic nitrogens is 2. The molecule has 0 spiro atoms. The molecule has 0 aliphatic carbocycles. The molecule has 0 aliphatic rings. The van der Waals surface area contributed by atoms with Crippen molar-refractivity contribution in [3.05, 3.63) is 68.5 Å². The van der Waals surface area contributed by atoms with Crippen molar-refractivity contribution in [1.82, 2.24) is 9.66 Å². The molecule has 0 saturated heterocycles. The summed E-state index contributed by atoms with van der Waals surface area (Å²) in [4.78, 5) is 3.20. The van der Waals surface area contributed by atoms with E-state index in [1.54, 1.807) is 0 Å². The van der Waals surface area contributed by atoms with E-state index in [2.05, 4.69) is 32.4 Å². The highest BCUT2D eigenvalue weighted by molar-refractivity contribution is 9.10. The fourth-order valence-electron chi connectivity index (χ4n) is 2.32. The summed E-state index contributed by atoms with van der Waals surface area (Å²) in [6.45, 7) is 6.00. The molecule has 126 valence electrons. The molecule has 0 bridgehead atoms. The molecule has 1 heterocycles. The molecule has 0 radical (unpaired) electrons. The van der Waals surface area contributed by atoms with E-state index < -0.39 is 0 Å². The van der Waals surface area contributed by atoms with Gasteiger partial charge in [-0.2, -0.15) is 0 Å². The molecular weight excluding hydrogens is 406 g/mol. The first kappa shape index (κ1) is 18.8.